The van der Waals surface area contributed by atoms with Gasteiger partial charge in [-0.3, -0.25) is 9.59 Å². The van der Waals surface area contributed by atoms with Crippen LogP contribution < -0.4 is 10.6 Å². The molecule has 33 heavy (non-hydrogen) atoms. The molecule has 0 atom stereocenters. The normalized spacial score (nSPS) is 13.1. The Kier molecular flexibility index (Phi) is 6.33. The second-order valence-corrected chi connectivity index (χ2v) is 10.4. The number of rotatable bonds is 7. The third-order valence-electron chi connectivity index (χ3n) is 6.19. The fourth-order valence-electron chi connectivity index (χ4n) is 4.60. The van der Waals surface area contributed by atoms with Gasteiger partial charge in [0.15, 0.2) is 0 Å². The number of hydrogen-bond acceptors (Lipinski definition) is 4. The molecule has 0 spiro atoms. The van der Waals surface area contributed by atoms with Crippen molar-refractivity contribution in [3.63, 3.8) is 0 Å². The van der Waals surface area contributed by atoms with Gasteiger partial charge in [-0.1, -0.05) is 30.3 Å². The predicted molar refractivity (Wildman–Crippen MR) is 137 cm³/mol. The second kappa shape index (κ2) is 9.53. The van der Waals surface area contributed by atoms with Crippen LogP contribution in [0.15, 0.2) is 47.8 Å². The Morgan fingerprint density at radius 2 is 1.88 bits per heavy atom. The van der Waals surface area contributed by atoms with Crippen molar-refractivity contribution >= 4 is 49.7 Å². The van der Waals surface area contributed by atoms with E-state index in [0.29, 0.717) is 22.8 Å². The highest BCUT2D eigenvalue weighted by Gasteiger charge is 2.27. The van der Waals surface area contributed by atoms with Gasteiger partial charge in [-0.15, -0.1) is 22.7 Å². The SMILES string of the molecule is CCNC(=O)c1c(NC(=O)c2cc3sccc3n2CCc2ccccc2)sc2c1CCCC2. The van der Waals surface area contributed by atoms with E-state index in [9.17, 15) is 9.59 Å². The molecule has 3 aromatic heterocycles. The van der Waals surface area contributed by atoms with E-state index >= 15 is 0 Å². The molecule has 2 N–H and O–H groups in total. The molecular weight excluding hydrogens is 450 g/mol. The molecule has 5 nitrogen and oxygen atoms in total. The molecular formula is C26H27N3O2S2. The summed E-state index contributed by atoms with van der Waals surface area (Å²) in [6, 6.07) is 14.4. The number of anilines is 1. The number of thiophene rings is 2. The molecule has 0 fully saturated rings. The van der Waals surface area contributed by atoms with Crippen molar-refractivity contribution in [1.82, 2.24) is 9.88 Å². The van der Waals surface area contributed by atoms with Gasteiger partial charge in [0, 0.05) is 18.0 Å². The number of hydrogen-bond donors (Lipinski definition) is 2. The van der Waals surface area contributed by atoms with Gasteiger partial charge in [0.2, 0.25) is 0 Å². The zero-order valence-corrected chi connectivity index (χ0v) is 20.3. The summed E-state index contributed by atoms with van der Waals surface area (Å²) in [6.07, 6.45) is 4.94. The van der Waals surface area contributed by atoms with Crippen molar-refractivity contribution < 1.29 is 9.59 Å². The highest BCUT2D eigenvalue weighted by molar-refractivity contribution is 7.17. The lowest BCUT2D eigenvalue weighted by molar-refractivity contribution is 0.0956. The molecule has 0 bridgehead atoms. The summed E-state index contributed by atoms with van der Waals surface area (Å²) in [7, 11) is 0. The summed E-state index contributed by atoms with van der Waals surface area (Å²) in [6.45, 7) is 3.20. The zero-order chi connectivity index (χ0) is 22.8. The molecule has 0 unspecified atom stereocenters. The van der Waals surface area contributed by atoms with Gasteiger partial charge in [-0.2, -0.15) is 0 Å². The molecule has 3 heterocycles. The number of carbonyl (C=O) groups excluding carboxylic acids is 2. The van der Waals surface area contributed by atoms with Gasteiger partial charge in [0.25, 0.3) is 11.8 Å². The molecule has 0 radical (unpaired) electrons. The predicted octanol–water partition coefficient (Wildman–Crippen LogP) is 5.89. The zero-order valence-electron chi connectivity index (χ0n) is 18.6. The summed E-state index contributed by atoms with van der Waals surface area (Å²) < 4.78 is 3.20. The standard InChI is InChI=1S/C26H27N3O2S2/c1-2-27-25(31)23-18-10-6-7-11-21(18)33-26(23)28-24(30)20-16-22-19(13-15-32-22)29(20)14-12-17-8-4-3-5-9-17/h3-5,8-9,13,15-16H,2,6-7,10-12,14H2,1H3,(H,27,31)(H,28,30). The summed E-state index contributed by atoms with van der Waals surface area (Å²) in [5, 5.41) is 8.79. The van der Waals surface area contributed by atoms with Crippen LogP contribution >= 0.6 is 22.7 Å². The van der Waals surface area contributed by atoms with Crippen molar-refractivity contribution in [2.75, 3.05) is 11.9 Å². The topological polar surface area (TPSA) is 63.1 Å². The second-order valence-electron chi connectivity index (χ2n) is 8.32. The Bertz CT molecular complexity index is 1300. The smallest absolute Gasteiger partial charge is 0.272 e. The van der Waals surface area contributed by atoms with Crippen LogP contribution in [-0.4, -0.2) is 22.9 Å². The van der Waals surface area contributed by atoms with Crippen LogP contribution in [0.1, 0.15) is 56.6 Å². The number of fused-ring (bicyclic) bond motifs is 2. The van der Waals surface area contributed by atoms with E-state index in [-0.39, 0.29) is 11.8 Å². The van der Waals surface area contributed by atoms with Crippen LogP contribution in [-0.2, 0) is 25.8 Å². The molecule has 170 valence electrons. The van der Waals surface area contributed by atoms with E-state index in [1.165, 1.54) is 10.4 Å². The van der Waals surface area contributed by atoms with Gasteiger partial charge >= 0.3 is 0 Å². The van der Waals surface area contributed by atoms with Gasteiger partial charge < -0.3 is 15.2 Å². The highest BCUT2D eigenvalue weighted by Crippen LogP contribution is 2.38. The number of carbonyl (C=O) groups is 2. The average Bonchev–Trinajstić information content (AvgIpc) is 3.51. The molecule has 0 aliphatic heterocycles. The lowest BCUT2D eigenvalue weighted by atomic mass is 9.95. The maximum Gasteiger partial charge on any atom is 0.272 e. The van der Waals surface area contributed by atoms with E-state index in [4.69, 9.17) is 0 Å². The third kappa shape index (κ3) is 4.35. The van der Waals surface area contributed by atoms with Crippen LogP contribution in [0.4, 0.5) is 5.00 Å². The fourth-order valence-corrected chi connectivity index (χ4v) is 6.71. The lowest BCUT2D eigenvalue weighted by Gasteiger charge is -2.13. The number of nitrogens with zero attached hydrogens (tertiary/aromatic N) is 1. The summed E-state index contributed by atoms with van der Waals surface area (Å²) in [5.74, 6) is -0.247. The Morgan fingerprint density at radius 1 is 1.06 bits per heavy atom. The fraction of sp³-hybridized carbons (Fsp3) is 0.308. The van der Waals surface area contributed by atoms with E-state index in [2.05, 4.69) is 38.8 Å². The first-order valence-corrected chi connectivity index (χ1v) is 13.2. The van der Waals surface area contributed by atoms with Crippen LogP contribution in [0.3, 0.4) is 0 Å². The Hall–Kier alpha value is -2.90. The maximum absolute atomic E-state index is 13.5. The van der Waals surface area contributed by atoms with E-state index in [1.807, 2.05) is 31.2 Å². The largest absolute Gasteiger partial charge is 0.352 e. The maximum atomic E-state index is 13.5. The monoisotopic (exact) mass is 477 g/mol. The first-order chi connectivity index (χ1) is 16.2. The highest BCUT2D eigenvalue weighted by atomic mass is 32.1. The van der Waals surface area contributed by atoms with Crippen molar-refractivity contribution in [2.24, 2.45) is 0 Å². The Morgan fingerprint density at radius 3 is 2.70 bits per heavy atom. The van der Waals surface area contributed by atoms with Crippen molar-refractivity contribution in [2.45, 2.75) is 45.6 Å². The quantitative estimate of drug-likeness (QED) is 0.349. The average molecular weight is 478 g/mol. The van der Waals surface area contributed by atoms with E-state index in [0.717, 1.165) is 54.4 Å². The van der Waals surface area contributed by atoms with Gasteiger partial charge in [0.05, 0.1) is 15.8 Å². The van der Waals surface area contributed by atoms with E-state index in [1.54, 1.807) is 22.7 Å². The minimum absolute atomic E-state index is 0.0901. The number of benzene rings is 1. The van der Waals surface area contributed by atoms with Crippen LogP contribution in [0.5, 0.6) is 0 Å². The van der Waals surface area contributed by atoms with Crippen LogP contribution in [0.2, 0.25) is 0 Å². The number of aromatic nitrogens is 1. The molecule has 5 rings (SSSR count). The minimum Gasteiger partial charge on any atom is -0.352 e. The Balaban J connectivity index is 1.46. The summed E-state index contributed by atoms with van der Waals surface area (Å²) in [4.78, 5) is 27.6. The first kappa shape index (κ1) is 21.9. The van der Waals surface area contributed by atoms with Gasteiger partial charge in [0.1, 0.15) is 10.7 Å². The number of aryl methyl sites for hydroxylation is 3. The molecule has 1 aromatic carbocycles. The Labute approximate surface area is 201 Å². The van der Waals surface area contributed by atoms with E-state index < -0.39 is 0 Å². The molecule has 0 saturated heterocycles. The number of amides is 2. The molecule has 0 saturated carbocycles. The third-order valence-corrected chi connectivity index (χ3v) is 8.25. The van der Waals surface area contributed by atoms with Gasteiger partial charge in [-0.05, 0) is 67.7 Å². The lowest BCUT2D eigenvalue weighted by Crippen LogP contribution is -2.26. The molecule has 1 aliphatic carbocycles. The summed E-state index contributed by atoms with van der Waals surface area (Å²) >= 11 is 3.21. The van der Waals surface area contributed by atoms with Crippen molar-refractivity contribution in [3.8, 4) is 0 Å². The molecule has 1 aliphatic rings. The van der Waals surface area contributed by atoms with Crippen LogP contribution in [0, 0.1) is 0 Å². The molecule has 7 heteroatoms. The van der Waals surface area contributed by atoms with Gasteiger partial charge in [-0.25, -0.2) is 0 Å². The van der Waals surface area contributed by atoms with Crippen molar-refractivity contribution in [3.05, 3.63) is 75.1 Å². The minimum atomic E-state index is -0.157. The summed E-state index contributed by atoms with van der Waals surface area (Å²) in [5.41, 5.74) is 4.74. The number of nitrogens with one attached hydrogen (secondary N) is 2. The van der Waals surface area contributed by atoms with Crippen LogP contribution in [0.25, 0.3) is 10.2 Å². The van der Waals surface area contributed by atoms with Crippen molar-refractivity contribution in [1.29, 1.82) is 0 Å². The first-order valence-electron chi connectivity index (χ1n) is 11.5. The molecule has 4 aromatic rings. The molecule has 2 amide bonds.